The molecule has 0 saturated carbocycles. The summed E-state index contributed by atoms with van der Waals surface area (Å²) in [5.74, 6) is 0. The van der Waals surface area contributed by atoms with Crippen molar-refractivity contribution in [2.24, 2.45) is 0 Å². The van der Waals surface area contributed by atoms with Crippen LogP contribution in [0, 0.1) is 0 Å². The Morgan fingerprint density at radius 3 is 2.58 bits per heavy atom. The fourth-order valence-electron chi connectivity index (χ4n) is 2.30. The van der Waals surface area contributed by atoms with Crippen molar-refractivity contribution in [3.8, 4) is 0 Å². The Hall–Kier alpha value is -1.11. The smallest absolute Gasteiger partial charge is 0.215 e. The molecule has 0 spiro atoms. The van der Waals surface area contributed by atoms with Crippen molar-refractivity contribution in [2.45, 2.75) is 31.1 Å². The summed E-state index contributed by atoms with van der Waals surface area (Å²) in [4.78, 5) is 0. The highest BCUT2D eigenvalue weighted by molar-refractivity contribution is 7.90. The molecule has 0 amide bonds. The second-order valence-corrected chi connectivity index (χ2v) is 6.82. The number of nitrogen functional groups attached to an aromatic ring is 1. The van der Waals surface area contributed by atoms with Crippen LogP contribution in [-0.2, 0) is 14.8 Å². The molecule has 1 heterocycles. The highest BCUT2D eigenvalue weighted by atomic mass is 32.2. The van der Waals surface area contributed by atoms with E-state index in [0.717, 1.165) is 5.56 Å². The van der Waals surface area contributed by atoms with Crippen LogP contribution in [0.3, 0.4) is 0 Å². The summed E-state index contributed by atoms with van der Waals surface area (Å²) in [6.45, 7) is 2.82. The molecule has 0 radical (unpaired) electrons. The second kappa shape index (κ2) is 5.90. The summed E-state index contributed by atoms with van der Waals surface area (Å²) in [6.07, 6.45) is 1.10. The first-order valence-corrected chi connectivity index (χ1v) is 7.98. The van der Waals surface area contributed by atoms with Gasteiger partial charge in [0.05, 0.1) is 5.25 Å². The van der Waals surface area contributed by atoms with Crippen LogP contribution in [-0.4, -0.2) is 26.9 Å². The van der Waals surface area contributed by atoms with E-state index in [4.69, 9.17) is 10.5 Å². The molecule has 3 N–H and O–H groups in total. The zero-order chi connectivity index (χ0) is 13.9. The second-order valence-electron chi connectivity index (χ2n) is 4.83. The van der Waals surface area contributed by atoms with E-state index < -0.39 is 10.0 Å². The first-order valence-electron chi connectivity index (χ1n) is 6.44. The maximum Gasteiger partial charge on any atom is 0.215 e. The molecule has 1 saturated heterocycles. The van der Waals surface area contributed by atoms with Gasteiger partial charge in [-0.25, -0.2) is 13.1 Å². The van der Waals surface area contributed by atoms with Crippen LogP contribution in [0.4, 0.5) is 5.69 Å². The van der Waals surface area contributed by atoms with Gasteiger partial charge in [0.15, 0.2) is 0 Å². The van der Waals surface area contributed by atoms with Gasteiger partial charge in [0.1, 0.15) is 0 Å². The molecule has 5 nitrogen and oxygen atoms in total. The average Bonchev–Trinajstić information content (AvgIpc) is 2.39. The molecule has 0 aliphatic carbocycles. The SMILES string of the molecule is CC(NS(=O)(=O)C1CCOCC1)c1ccccc1N. The van der Waals surface area contributed by atoms with E-state index in [1.165, 1.54) is 0 Å². The molecular formula is C13H20N2O3S. The average molecular weight is 284 g/mol. The lowest BCUT2D eigenvalue weighted by molar-refractivity contribution is 0.0981. The van der Waals surface area contributed by atoms with Crippen molar-refractivity contribution < 1.29 is 13.2 Å². The molecule has 0 bridgehead atoms. The van der Waals surface area contributed by atoms with Crippen LogP contribution < -0.4 is 10.5 Å². The molecule has 1 unspecified atom stereocenters. The highest BCUT2D eigenvalue weighted by Crippen LogP contribution is 2.22. The van der Waals surface area contributed by atoms with Crippen LogP contribution in [0.5, 0.6) is 0 Å². The summed E-state index contributed by atoms with van der Waals surface area (Å²) in [5.41, 5.74) is 7.27. The van der Waals surface area contributed by atoms with E-state index >= 15 is 0 Å². The minimum atomic E-state index is -3.33. The Morgan fingerprint density at radius 2 is 1.95 bits per heavy atom. The van der Waals surface area contributed by atoms with Gasteiger partial charge in [-0.05, 0) is 31.4 Å². The molecule has 106 valence electrons. The number of rotatable bonds is 4. The van der Waals surface area contributed by atoms with Crippen molar-refractivity contribution in [1.29, 1.82) is 0 Å². The lowest BCUT2D eigenvalue weighted by Gasteiger charge is -2.25. The Balaban J connectivity index is 2.09. The number of ether oxygens (including phenoxy) is 1. The molecule has 1 aromatic carbocycles. The number of hydrogen-bond acceptors (Lipinski definition) is 4. The zero-order valence-electron chi connectivity index (χ0n) is 11.0. The van der Waals surface area contributed by atoms with Crippen LogP contribution in [0.25, 0.3) is 0 Å². The lowest BCUT2D eigenvalue weighted by atomic mass is 10.1. The topological polar surface area (TPSA) is 81.4 Å². The van der Waals surface area contributed by atoms with Gasteiger partial charge in [-0.1, -0.05) is 18.2 Å². The quantitative estimate of drug-likeness (QED) is 0.819. The zero-order valence-corrected chi connectivity index (χ0v) is 11.8. The van der Waals surface area contributed by atoms with E-state index in [9.17, 15) is 8.42 Å². The number of para-hydroxylation sites is 1. The Labute approximate surface area is 114 Å². The number of benzene rings is 1. The summed E-state index contributed by atoms with van der Waals surface area (Å²) in [7, 11) is -3.33. The number of anilines is 1. The molecule has 1 atom stereocenters. The molecule has 1 aliphatic rings. The first-order chi connectivity index (χ1) is 9.00. The van der Waals surface area contributed by atoms with Gasteiger partial charge >= 0.3 is 0 Å². The summed E-state index contributed by atoms with van der Waals surface area (Å²) < 4.78 is 32.5. The van der Waals surface area contributed by atoms with Crippen molar-refractivity contribution in [3.63, 3.8) is 0 Å². The Morgan fingerprint density at radius 1 is 1.32 bits per heavy atom. The molecule has 1 fully saturated rings. The van der Waals surface area contributed by atoms with Crippen LogP contribution in [0.1, 0.15) is 31.4 Å². The van der Waals surface area contributed by atoms with Gasteiger partial charge < -0.3 is 10.5 Å². The lowest BCUT2D eigenvalue weighted by Crippen LogP contribution is -2.39. The van der Waals surface area contributed by atoms with E-state index in [0.29, 0.717) is 31.7 Å². The molecule has 1 aromatic rings. The minimum Gasteiger partial charge on any atom is -0.398 e. The van der Waals surface area contributed by atoms with E-state index in [1.54, 1.807) is 6.07 Å². The van der Waals surface area contributed by atoms with Gasteiger partial charge in [0, 0.05) is 24.9 Å². The standard InChI is InChI=1S/C13H20N2O3S/c1-10(12-4-2-3-5-13(12)14)15-19(16,17)11-6-8-18-9-7-11/h2-5,10-11,15H,6-9,14H2,1H3. The molecule has 0 aromatic heterocycles. The summed E-state index contributed by atoms with van der Waals surface area (Å²) in [6, 6.07) is 6.97. The first kappa shape index (κ1) is 14.3. The monoisotopic (exact) mass is 284 g/mol. The molecule has 19 heavy (non-hydrogen) atoms. The van der Waals surface area contributed by atoms with Gasteiger partial charge in [0.2, 0.25) is 10.0 Å². The number of nitrogens with two attached hydrogens (primary N) is 1. The predicted octanol–water partition coefficient (Wildman–Crippen LogP) is 1.43. The maximum absolute atomic E-state index is 12.3. The van der Waals surface area contributed by atoms with Gasteiger partial charge in [-0.2, -0.15) is 0 Å². The fourth-order valence-corrected chi connectivity index (χ4v) is 3.92. The van der Waals surface area contributed by atoms with Crippen LogP contribution >= 0.6 is 0 Å². The van der Waals surface area contributed by atoms with Crippen molar-refractivity contribution in [3.05, 3.63) is 29.8 Å². The largest absolute Gasteiger partial charge is 0.398 e. The molecule has 1 aliphatic heterocycles. The van der Waals surface area contributed by atoms with E-state index in [-0.39, 0.29) is 11.3 Å². The third-order valence-electron chi connectivity index (χ3n) is 3.41. The van der Waals surface area contributed by atoms with Gasteiger partial charge in [-0.3, -0.25) is 0 Å². The van der Waals surface area contributed by atoms with Gasteiger partial charge in [0.25, 0.3) is 0 Å². The fraction of sp³-hybridized carbons (Fsp3) is 0.538. The Bertz CT molecular complexity index is 524. The molecule has 2 rings (SSSR count). The van der Waals surface area contributed by atoms with E-state index in [2.05, 4.69) is 4.72 Å². The number of sulfonamides is 1. The third kappa shape index (κ3) is 3.46. The van der Waals surface area contributed by atoms with Crippen LogP contribution in [0.2, 0.25) is 0 Å². The minimum absolute atomic E-state index is 0.325. The van der Waals surface area contributed by atoms with Gasteiger partial charge in [-0.15, -0.1) is 0 Å². The summed E-state index contributed by atoms with van der Waals surface area (Å²) >= 11 is 0. The molecule has 6 heteroatoms. The van der Waals surface area contributed by atoms with Crippen molar-refractivity contribution >= 4 is 15.7 Å². The maximum atomic E-state index is 12.3. The van der Waals surface area contributed by atoms with Crippen molar-refractivity contribution in [2.75, 3.05) is 18.9 Å². The van der Waals surface area contributed by atoms with Crippen molar-refractivity contribution in [1.82, 2.24) is 4.72 Å². The highest BCUT2D eigenvalue weighted by Gasteiger charge is 2.29. The van der Waals surface area contributed by atoms with Crippen LogP contribution in [0.15, 0.2) is 24.3 Å². The molecular weight excluding hydrogens is 264 g/mol. The third-order valence-corrected chi connectivity index (χ3v) is 5.44. The predicted molar refractivity (Wildman–Crippen MR) is 75.2 cm³/mol. The van der Waals surface area contributed by atoms with E-state index in [1.807, 2.05) is 25.1 Å². The number of hydrogen-bond donors (Lipinski definition) is 2. The summed E-state index contributed by atoms with van der Waals surface area (Å²) in [5, 5.41) is -0.367. The Kier molecular flexibility index (Phi) is 4.44. The normalized spacial score (nSPS) is 19.2. The number of nitrogens with one attached hydrogen (secondary N) is 1.